The van der Waals surface area contributed by atoms with Crippen LogP contribution in [-0.4, -0.2) is 62.8 Å². The summed E-state index contributed by atoms with van der Waals surface area (Å²) in [6, 6.07) is 10.8. The standard InChI is InChI=1S/C19H28N6O/c1-24(2)19(15-6-4-3-5-7-15)10-8-18(9-11-19)14-25(17(26)21-18)13-16-12-20-23-22-16/h3-7,12,17,21,26H,8-11,13-14H2,1-2H3,(H,20,22,23)/t17?,18-,19+. The van der Waals surface area contributed by atoms with Gasteiger partial charge in [0, 0.05) is 30.4 Å². The van der Waals surface area contributed by atoms with E-state index < -0.39 is 6.35 Å². The number of rotatable bonds is 4. The average Bonchev–Trinajstić information content (AvgIpc) is 3.25. The Kier molecular flexibility index (Phi) is 4.56. The van der Waals surface area contributed by atoms with Gasteiger partial charge in [-0.2, -0.15) is 0 Å². The van der Waals surface area contributed by atoms with Gasteiger partial charge in [0.2, 0.25) is 0 Å². The fourth-order valence-corrected chi connectivity index (χ4v) is 4.73. The molecule has 2 heterocycles. The molecule has 1 saturated carbocycles. The van der Waals surface area contributed by atoms with Gasteiger partial charge >= 0.3 is 0 Å². The molecule has 26 heavy (non-hydrogen) atoms. The summed E-state index contributed by atoms with van der Waals surface area (Å²) < 4.78 is 0. The van der Waals surface area contributed by atoms with Crippen molar-refractivity contribution in [1.82, 2.24) is 30.5 Å². The van der Waals surface area contributed by atoms with Crippen molar-refractivity contribution in [2.45, 2.75) is 49.7 Å². The second kappa shape index (κ2) is 6.74. The number of hydrogen-bond donors (Lipinski definition) is 3. The van der Waals surface area contributed by atoms with Crippen molar-refractivity contribution in [3.63, 3.8) is 0 Å². The van der Waals surface area contributed by atoms with E-state index in [1.54, 1.807) is 6.20 Å². The normalized spacial score (nSPS) is 32.5. The fourth-order valence-electron chi connectivity index (χ4n) is 4.73. The molecule has 1 unspecified atom stereocenters. The van der Waals surface area contributed by atoms with Crippen molar-refractivity contribution in [1.29, 1.82) is 0 Å². The number of aliphatic hydroxyl groups is 1. The molecule has 2 aromatic rings. The zero-order chi connectivity index (χ0) is 18.2. The molecule has 3 N–H and O–H groups in total. The lowest BCUT2D eigenvalue weighted by Gasteiger charge is -2.49. The van der Waals surface area contributed by atoms with E-state index >= 15 is 0 Å². The van der Waals surface area contributed by atoms with Crippen LogP contribution in [0.25, 0.3) is 0 Å². The van der Waals surface area contributed by atoms with Gasteiger partial charge in [0.05, 0.1) is 5.69 Å². The highest BCUT2D eigenvalue weighted by Gasteiger charge is 2.49. The van der Waals surface area contributed by atoms with Crippen molar-refractivity contribution >= 4 is 0 Å². The number of aliphatic hydroxyl groups excluding tert-OH is 1. The topological polar surface area (TPSA) is 80.3 Å². The molecule has 0 amide bonds. The van der Waals surface area contributed by atoms with Gasteiger partial charge in [-0.1, -0.05) is 35.5 Å². The van der Waals surface area contributed by atoms with E-state index in [-0.39, 0.29) is 11.1 Å². The predicted molar refractivity (Wildman–Crippen MR) is 98.9 cm³/mol. The van der Waals surface area contributed by atoms with E-state index in [0.29, 0.717) is 6.54 Å². The summed E-state index contributed by atoms with van der Waals surface area (Å²) in [5.41, 5.74) is 2.28. The van der Waals surface area contributed by atoms with Crippen LogP contribution < -0.4 is 5.32 Å². The average molecular weight is 356 g/mol. The van der Waals surface area contributed by atoms with Crippen LogP contribution in [0.4, 0.5) is 0 Å². The summed E-state index contributed by atoms with van der Waals surface area (Å²) in [5.74, 6) is 0. The minimum atomic E-state index is -0.629. The van der Waals surface area contributed by atoms with E-state index in [1.165, 1.54) is 5.56 Å². The molecule has 1 saturated heterocycles. The zero-order valence-corrected chi connectivity index (χ0v) is 15.5. The van der Waals surface area contributed by atoms with Gasteiger partial charge in [-0.3, -0.25) is 20.2 Å². The molecule has 0 radical (unpaired) electrons. The monoisotopic (exact) mass is 356 g/mol. The number of hydrogen-bond acceptors (Lipinski definition) is 6. The van der Waals surface area contributed by atoms with Crippen molar-refractivity contribution in [2.75, 3.05) is 20.6 Å². The quantitative estimate of drug-likeness (QED) is 0.765. The molecule has 2 aliphatic rings. The van der Waals surface area contributed by atoms with Gasteiger partial charge in [0.1, 0.15) is 0 Å². The summed E-state index contributed by atoms with van der Waals surface area (Å²) in [7, 11) is 4.36. The Labute approximate surface area is 154 Å². The lowest BCUT2D eigenvalue weighted by atomic mass is 9.69. The van der Waals surface area contributed by atoms with E-state index in [1.807, 2.05) is 4.90 Å². The molecule has 2 fully saturated rings. The maximum Gasteiger partial charge on any atom is 0.163 e. The van der Waals surface area contributed by atoms with Crippen LogP contribution in [0, 0.1) is 0 Å². The van der Waals surface area contributed by atoms with Gasteiger partial charge in [-0.15, -0.1) is 5.10 Å². The summed E-state index contributed by atoms with van der Waals surface area (Å²) in [6.07, 6.45) is 5.36. The number of aromatic nitrogens is 3. The maximum atomic E-state index is 10.5. The van der Waals surface area contributed by atoms with Crippen molar-refractivity contribution in [3.8, 4) is 0 Å². The van der Waals surface area contributed by atoms with Crippen LogP contribution >= 0.6 is 0 Å². The van der Waals surface area contributed by atoms with Crippen molar-refractivity contribution in [2.24, 2.45) is 0 Å². The fraction of sp³-hybridized carbons (Fsp3) is 0.579. The highest BCUT2D eigenvalue weighted by Crippen LogP contribution is 2.46. The number of nitrogens with one attached hydrogen (secondary N) is 2. The van der Waals surface area contributed by atoms with Crippen LogP contribution in [0.5, 0.6) is 0 Å². The molecule has 0 bridgehead atoms. The highest BCUT2D eigenvalue weighted by molar-refractivity contribution is 5.26. The Balaban J connectivity index is 1.48. The third kappa shape index (κ3) is 3.05. The van der Waals surface area contributed by atoms with Crippen LogP contribution in [0.3, 0.4) is 0 Å². The molecular formula is C19H28N6O. The van der Waals surface area contributed by atoms with Crippen LogP contribution in [0.1, 0.15) is 36.9 Å². The first-order valence-corrected chi connectivity index (χ1v) is 9.31. The maximum absolute atomic E-state index is 10.5. The molecule has 1 aliphatic carbocycles. The predicted octanol–water partition coefficient (Wildman–Crippen LogP) is 1.26. The number of H-pyrrole nitrogens is 1. The molecule has 1 aromatic heterocycles. The molecule has 1 spiro atoms. The van der Waals surface area contributed by atoms with Crippen molar-refractivity contribution in [3.05, 3.63) is 47.8 Å². The largest absolute Gasteiger partial charge is 0.365 e. The molecule has 7 nitrogen and oxygen atoms in total. The number of benzene rings is 1. The second-order valence-electron chi connectivity index (χ2n) is 7.96. The summed E-state index contributed by atoms with van der Waals surface area (Å²) >= 11 is 0. The molecular weight excluding hydrogens is 328 g/mol. The first kappa shape index (κ1) is 17.6. The van der Waals surface area contributed by atoms with Crippen LogP contribution in [0.15, 0.2) is 36.5 Å². The molecule has 1 aromatic carbocycles. The molecule has 1 atom stereocenters. The van der Waals surface area contributed by atoms with Gasteiger partial charge in [-0.25, -0.2) is 0 Å². The Morgan fingerprint density at radius 1 is 1.19 bits per heavy atom. The lowest BCUT2D eigenvalue weighted by Crippen LogP contribution is -2.54. The first-order valence-electron chi connectivity index (χ1n) is 9.31. The Morgan fingerprint density at radius 3 is 2.54 bits per heavy atom. The number of nitrogens with zero attached hydrogens (tertiary/aromatic N) is 4. The summed E-state index contributed by atoms with van der Waals surface area (Å²) in [4.78, 5) is 4.41. The number of aromatic amines is 1. The third-order valence-corrected chi connectivity index (χ3v) is 6.32. The van der Waals surface area contributed by atoms with Gasteiger partial charge in [0.25, 0.3) is 0 Å². The minimum Gasteiger partial charge on any atom is -0.365 e. The Bertz CT molecular complexity index is 709. The van der Waals surface area contributed by atoms with E-state index in [4.69, 9.17) is 0 Å². The Morgan fingerprint density at radius 2 is 1.92 bits per heavy atom. The third-order valence-electron chi connectivity index (χ3n) is 6.32. The van der Waals surface area contributed by atoms with Crippen LogP contribution in [0.2, 0.25) is 0 Å². The summed E-state index contributed by atoms with van der Waals surface area (Å²) in [6.45, 7) is 1.43. The summed E-state index contributed by atoms with van der Waals surface area (Å²) in [5, 5.41) is 24.5. The zero-order valence-electron chi connectivity index (χ0n) is 15.5. The molecule has 4 rings (SSSR count). The lowest BCUT2D eigenvalue weighted by molar-refractivity contribution is 0.0120. The van der Waals surface area contributed by atoms with E-state index in [2.05, 4.69) is 70.1 Å². The van der Waals surface area contributed by atoms with Gasteiger partial charge < -0.3 is 5.11 Å². The smallest absolute Gasteiger partial charge is 0.163 e. The SMILES string of the molecule is CN(C)[C@]1(c2ccccc2)CC[C@]2(CC1)CN(Cc1c[nH]nn1)C(O)N2. The minimum absolute atomic E-state index is 0.0303. The molecule has 7 heteroatoms. The molecule has 1 aliphatic heterocycles. The van der Waals surface area contributed by atoms with Crippen molar-refractivity contribution < 1.29 is 5.11 Å². The molecule has 140 valence electrons. The van der Waals surface area contributed by atoms with Gasteiger partial charge in [0.15, 0.2) is 6.35 Å². The van der Waals surface area contributed by atoms with Gasteiger partial charge in [-0.05, 0) is 45.3 Å². The second-order valence-corrected chi connectivity index (χ2v) is 7.96. The Hall–Kier alpha value is -1.80. The van der Waals surface area contributed by atoms with Crippen LogP contribution in [-0.2, 0) is 12.1 Å². The first-order chi connectivity index (χ1) is 12.5. The highest BCUT2D eigenvalue weighted by atomic mass is 16.3. The van der Waals surface area contributed by atoms with E-state index in [0.717, 1.165) is 37.9 Å². The van der Waals surface area contributed by atoms with E-state index in [9.17, 15) is 5.11 Å².